The fourth-order valence-electron chi connectivity index (χ4n) is 2.71. The van der Waals surface area contributed by atoms with Gasteiger partial charge in [0, 0.05) is 38.1 Å². The summed E-state index contributed by atoms with van der Waals surface area (Å²) in [6.07, 6.45) is 2.62. The molecule has 1 aliphatic rings. The number of fused-ring (bicyclic) bond motifs is 1. The molecule has 24 heavy (non-hydrogen) atoms. The van der Waals surface area contributed by atoms with Gasteiger partial charge in [0.05, 0.1) is 10.6 Å². The van der Waals surface area contributed by atoms with Gasteiger partial charge in [-0.15, -0.1) is 10.2 Å². The largest absolute Gasteiger partial charge is 0.337 e. The summed E-state index contributed by atoms with van der Waals surface area (Å²) in [5.74, 6) is 1.87. The Bertz CT molecular complexity index is 786. The minimum absolute atomic E-state index is 0.0603. The number of nitrogens with zero attached hydrogens (tertiary/aromatic N) is 4. The second-order valence-corrected chi connectivity index (χ2v) is 5.67. The highest BCUT2D eigenvalue weighted by Gasteiger charge is 2.17. The summed E-state index contributed by atoms with van der Waals surface area (Å²) in [5, 5.41) is 24.4. The van der Waals surface area contributed by atoms with Gasteiger partial charge in [0.1, 0.15) is 11.6 Å². The molecular formula is C15H18N6O3. The molecule has 0 unspecified atom stereocenters. The fourth-order valence-corrected chi connectivity index (χ4v) is 2.71. The van der Waals surface area contributed by atoms with E-state index >= 15 is 0 Å². The number of benzene rings is 1. The minimum atomic E-state index is -0.492. The minimum Gasteiger partial charge on any atom is -0.337 e. The number of hydrogen-bond donors (Lipinski definition) is 2. The van der Waals surface area contributed by atoms with Crippen LogP contribution in [0.1, 0.15) is 23.6 Å². The summed E-state index contributed by atoms with van der Waals surface area (Å²) >= 11 is 0. The van der Waals surface area contributed by atoms with E-state index in [1.54, 1.807) is 13.0 Å². The Morgan fingerprint density at radius 1 is 1.42 bits per heavy atom. The highest BCUT2D eigenvalue weighted by atomic mass is 16.6. The second-order valence-electron chi connectivity index (χ2n) is 5.67. The van der Waals surface area contributed by atoms with E-state index < -0.39 is 11.0 Å². The molecule has 126 valence electrons. The number of nitro groups is 1. The van der Waals surface area contributed by atoms with Crippen molar-refractivity contribution in [2.45, 2.75) is 32.7 Å². The summed E-state index contributed by atoms with van der Waals surface area (Å²) in [4.78, 5) is 22.3. The average molecular weight is 330 g/mol. The topological polar surface area (TPSA) is 115 Å². The Balaban J connectivity index is 1.54. The van der Waals surface area contributed by atoms with E-state index in [4.69, 9.17) is 0 Å². The van der Waals surface area contributed by atoms with Crippen LogP contribution in [0.25, 0.3) is 0 Å². The van der Waals surface area contributed by atoms with Gasteiger partial charge in [0.15, 0.2) is 0 Å². The van der Waals surface area contributed by atoms with E-state index in [0.717, 1.165) is 36.6 Å². The Kier molecular flexibility index (Phi) is 4.41. The standard InChI is InChI=1S/C15H18N6O3/c1-10-4-5-11(21(23)24)9-12(10)17-15(22)16-7-6-14-19-18-13-3-2-8-20(13)14/h4-5,9H,2-3,6-8H2,1H3,(H2,16,17,22). The van der Waals surface area contributed by atoms with Gasteiger partial charge in [0.25, 0.3) is 5.69 Å². The lowest BCUT2D eigenvalue weighted by molar-refractivity contribution is -0.384. The number of nitro benzene ring substituents is 1. The third kappa shape index (κ3) is 3.34. The number of non-ortho nitro benzene ring substituents is 1. The number of carbonyl (C=O) groups excluding carboxylic acids is 1. The monoisotopic (exact) mass is 330 g/mol. The second kappa shape index (κ2) is 6.65. The van der Waals surface area contributed by atoms with Crippen LogP contribution in [-0.4, -0.2) is 32.3 Å². The maximum absolute atomic E-state index is 12.0. The van der Waals surface area contributed by atoms with E-state index in [9.17, 15) is 14.9 Å². The third-order valence-electron chi connectivity index (χ3n) is 4.00. The molecule has 9 nitrogen and oxygen atoms in total. The predicted octanol–water partition coefficient (Wildman–Crippen LogP) is 1.81. The molecule has 2 amide bonds. The normalized spacial score (nSPS) is 12.7. The number of nitrogens with one attached hydrogen (secondary N) is 2. The molecule has 0 fully saturated rings. The van der Waals surface area contributed by atoms with Gasteiger partial charge in [0.2, 0.25) is 0 Å². The number of amides is 2. The van der Waals surface area contributed by atoms with Crippen molar-refractivity contribution in [1.82, 2.24) is 20.1 Å². The Morgan fingerprint density at radius 2 is 2.25 bits per heavy atom. The first kappa shape index (κ1) is 15.9. The highest BCUT2D eigenvalue weighted by Crippen LogP contribution is 2.21. The molecule has 0 bridgehead atoms. The van der Waals surface area contributed by atoms with E-state index in [1.807, 2.05) is 0 Å². The first-order chi connectivity index (χ1) is 11.5. The van der Waals surface area contributed by atoms with Crippen molar-refractivity contribution in [1.29, 1.82) is 0 Å². The SMILES string of the molecule is Cc1ccc([N+](=O)[O-])cc1NC(=O)NCCc1nnc2n1CCC2. The first-order valence-electron chi connectivity index (χ1n) is 7.75. The quantitative estimate of drug-likeness (QED) is 0.641. The van der Waals surface area contributed by atoms with E-state index in [0.29, 0.717) is 18.7 Å². The molecular weight excluding hydrogens is 312 g/mol. The molecule has 0 saturated heterocycles. The lowest BCUT2D eigenvalue weighted by Gasteiger charge is -2.10. The van der Waals surface area contributed by atoms with Crippen LogP contribution in [0.5, 0.6) is 0 Å². The van der Waals surface area contributed by atoms with Crippen LogP contribution in [0.15, 0.2) is 18.2 Å². The molecule has 0 radical (unpaired) electrons. The number of aryl methyl sites for hydroxylation is 2. The maximum Gasteiger partial charge on any atom is 0.319 e. The van der Waals surface area contributed by atoms with Gasteiger partial charge in [-0.05, 0) is 18.9 Å². The molecule has 0 saturated carbocycles. The van der Waals surface area contributed by atoms with Crippen LogP contribution in [0.4, 0.5) is 16.2 Å². The predicted molar refractivity (Wildman–Crippen MR) is 86.9 cm³/mol. The highest BCUT2D eigenvalue weighted by molar-refractivity contribution is 5.90. The van der Waals surface area contributed by atoms with Crippen LogP contribution >= 0.6 is 0 Å². The van der Waals surface area contributed by atoms with Gasteiger partial charge in [-0.1, -0.05) is 6.07 Å². The van der Waals surface area contributed by atoms with Crippen molar-refractivity contribution in [3.05, 3.63) is 45.5 Å². The Labute approximate surface area is 138 Å². The molecule has 1 aromatic carbocycles. The molecule has 2 heterocycles. The van der Waals surface area contributed by atoms with Crippen LogP contribution < -0.4 is 10.6 Å². The van der Waals surface area contributed by atoms with Crippen molar-refractivity contribution in [2.24, 2.45) is 0 Å². The number of anilines is 1. The number of aromatic nitrogens is 3. The van der Waals surface area contributed by atoms with Crippen molar-refractivity contribution in [3.8, 4) is 0 Å². The van der Waals surface area contributed by atoms with E-state index in [2.05, 4.69) is 25.4 Å². The van der Waals surface area contributed by atoms with Crippen molar-refractivity contribution in [3.63, 3.8) is 0 Å². The number of urea groups is 1. The third-order valence-corrected chi connectivity index (χ3v) is 4.00. The van der Waals surface area contributed by atoms with Crippen molar-refractivity contribution < 1.29 is 9.72 Å². The molecule has 0 spiro atoms. The van der Waals surface area contributed by atoms with Crippen LogP contribution in [0, 0.1) is 17.0 Å². The molecule has 2 N–H and O–H groups in total. The molecule has 0 atom stereocenters. The van der Waals surface area contributed by atoms with Gasteiger partial charge < -0.3 is 15.2 Å². The van der Waals surface area contributed by atoms with Gasteiger partial charge >= 0.3 is 6.03 Å². The zero-order valence-corrected chi connectivity index (χ0v) is 13.3. The van der Waals surface area contributed by atoms with Crippen LogP contribution in [0.2, 0.25) is 0 Å². The summed E-state index contributed by atoms with van der Waals surface area (Å²) in [5.41, 5.74) is 1.12. The summed E-state index contributed by atoms with van der Waals surface area (Å²) in [6.45, 7) is 3.12. The lowest BCUT2D eigenvalue weighted by Crippen LogP contribution is -2.31. The molecule has 1 aliphatic heterocycles. The van der Waals surface area contributed by atoms with Crippen LogP contribution in [-0.2, 0) is 19.4 Å². The first-order valence-corrected chi connectivity index (χ1v) is 7.75. The number of hydrogen-bond acceptors (Lipinski definition) is 5. The molecule has 2 aromatic rings. The van der Waals surface area contributed by atoms with E-state index in [-0.39, 0.29) is 5.69 Å². The Morgan fingerprint density at radius 3 is 3.04 bits per heavy atom. The van der Waals surface area contributed by atoms with Crippen molar-refractivity contribution >= 4 is 17.4 Å². The zero-order chi connectivity index (χ0) is 17.1. The fraction of sp³-hybridized carbons (Fsp3) is 0.400. The van der Waals surface area contributed by atoms with Crippen LogP contribution in [0.3, 0.4) is 0 Å². The average Bonchev–Trinajstić information content (AvgIpc) is 3.14. The Hall–Kier alpha value is -2.97. The van der Waals surface area contributed by atoms with Gasteiger partial charge in [-0.3, -0.25) is 10.1 Å². The zero-order valence-electron chi connectivity index (χ0n) is 13.3. The van der Waals surface area contributed by atoms with Crippen molar-refractivity contribution in [2.75, 3.05) is 11.9 Å². The molecule has 3 rings (SSSR count). The molecule has 1 aromatic heterocycles. The lowest BCUT2D eigenvalue weighted by atomic mass is 10.2. The maximum atomic E-state index is 12.0. The molecule has 0 aliphatic carbocycles. The molecule has 9 heteroatoms. The number of rotatable bonds is 5. The van der Waals surface area contributed by atoms with Gasteiger partial charge in [-0.25, -0.2) is 4.79 Å². The van der Waals surface area contributed by atoms with Gasteiger partial charge in [-0.2, -0.15) is 0 Å². The van der Waals surface area contributed by atoms with E-state index in [1.165, 1.54) is 12.1 Å². The number of carbonyl (C=O) groups is 1. The summed E-state index contributed by atoms with van der Waals surface area (Å²) in [7, 11) is 0. The summed E-state index contributed by atoms with van der Waals surface area (Å²) < 4.78 is 2.09. The summed E-state index contributed by atoms with van der Waals surface area (Å²) in [6, 6.07) is 3.96. The smallest absolute Gasteiger partial charge is 0.319 e.